The summed E-state index contributed by atoms with van der Waals surface area (Å²) in [5.74, 6) is -0.297. The third-order valence-corrected chi connectivity index (χ3v) is 5.12. The van der Waals surface area contributed by atoms with Gasteiger partial charge in [0, 0.05) is 30.6 Å². The van der Waals surface area contributed by atoms with Gasteiger partial charge in [0.1, 0.15) is 5.82 Å². The Kier molecular flexibility index (Phi) is 3.73. The van der Waals surface area contributed by atoms with Gasteiger partial charge < -0.3 is 10.6 Å². The minimum atomic E-state index is -0.259. The summed E-state index contributed by atoms with van der Waals surface area (Å²) in [6.45, 7) is 6.73. The molecule has 2 N–H and O–H groups in total. The molecule has 0 atom stereocenters. The highest BCUT2D eigenvalue weighted by Crippen LogP contribution is 2.42. The first-order valence-corrected chi connectivity index (χ1v) is 8.58. The third kappa shape index (κ3) is 2.76. The highest BCUT2D eigenvalue weighted by atomic mass is 19.1. The molecule has 2 aromatic rings. The van der Waals surface area contributed by atoms with Crippen molar-refractivity contribution in [3.8, 4) is 11.1 Å². The van der Waals surface area contributed by atoms with Gasteiger partial charge in [0.05, 0.1) is 0 Å². The molecule has 2 heterocycles. The van der Waals surface area contributed by atoms with Gasteiger partial charge >= 0.3 is 0 Å². The van der Waals surface area contributed by atoms with Crippen molar-refractivity contribution in [3.63, 3.8) is 0 Å². The molecule has 0 bridgehead atoms. The lowest BCUT2D eigenvalue weighted by atomic mass is 9.75. The maximum Gasteiger partial charge on any atom is 0.251 e. The average Bonchev–Trinajstić information content (AvgIpc) is 2.95. The number of hydrogen-bond donors (Lipinski definition) is 2. The van der Waals surface area contributed by atoms with Gasteiger partial charge in [-0.25, -0.2) is 4.39 Å². The minimum absolute atomic E-state index is 0.0166. The van der Waals surface area contributed by atoms with Gasteiger partial charge in [-0.3, -0.25) is 4.79 Å². The van der Waals surface area contributed by atoms with E-state index in [1.54, 1.807) is 12.1 Å². The van der Waals surface area contributed by atoms with Crippen LogP contribution < -0.4 is 10.6 Å². The molecule has 0 aromatic heterocycles. The Hall–Kier alpha value is -2.46. The van der Waals surface area contributed by atoms with E-state index in [9.17, 15) is 9.18 Å². The molecule has 0 radical (unpaired) electrons. The predicted molar refractivity (Wildman–Crippen MR) is 97.6 cm³/mol. The molecule has 25 heavy (non-hydrogen) atoms. The molecule has 2 aromatic carbocycles. The zero-order chi connectivity index (χ0) is 17.6. The topological polar surface area (TPSA) is 41.1 Å². The highest BCUT2D eigenvalue weighted by Gasteiger charge is 2.30. The molecule has 2 aliphatic heterocycles. The number of nitrogens with one attached hydrogen (secondary N) is 2. The van der Waals surface area contributed by atoms with Gasteiger partial charge in [-0.1, -0.05) is 32.1 Å². The van der Waals surface area contributed by atoms with Crippen molar-refractivity contribution in [1.29, 1.82) is 0 Å². The summed E-state index contributed by atoms with van der Waals surface area (Å²) in [7, 11) is 0. The Labute approximate surface area is 146 Å². The summed E-state index contributed by atoms with van der Waals surface area (Å²) in [5.41, 5.74) is 6.04. The third-order valence-electron chi connectivity index (χ3n) is 5.12. The number of amides is 1. The van der Waals surface area contributed by atoms with E-state index in [1.807, 2.05) is 6.07 Å². The first-order valence-electron chi connectivity index (χ1n) is 8.58. The van der Waals surface area contributed by atoms with Crippen molar-refractivity contribution in [2.75, 3.05) is 13.1 Å². The summed E-state index contributed by atoms with van der Waals surface area (Å²) in [5, 5.41) is 6.30. The second kappa shape index (κ2) is 5.81. The van der Waals surface area contributed by atoms with Crippen molar-refractivity contribution in [1.82, 2.24) is 10.6 Å². The van der Waals surface area contributed by atoms with Crippen LogP contribution in [0.5, 0.6) is 0 Å². The fraction of sp³-hybridized carbons (Fsp3) is 0.286. The van der Waals surface area contributed by atoms with Gasteiger partial charge in [0.2, 0.25) is 0 Å². The van der Waals surface area contributed by atoms with E-state index in [1.165, 1.54) is 17.7 Å². The van der Waals surface area contributed by atoms with Crippen molar-refractivity contribution in [2.45, 2.75) is 20.4 Å². The summed E-state index contributed by atoms with van der Waals surface area (Å²) in [6, 6.07) is 10.6. The molecule has 0 spiro atoms. The molecule has 4 heteroatoms. The number of benzene rings is 2. The van der Waals surface area contributed by atoms with Crippen LogP contribution >= 0.6 is 0 Å². The average molecular weight is 336 g/mol. The number of rotatable bonds is 2. The van der Waals surface area contributed by atoms with Gasteiger partial charge in [-0.15, -0.1) is 0 Å². The summed E-state index contributed by atoms with van der Waals surface area (Å²) in [6.07, 6.45) is 2.22. The summed E-state index contributed by atoms with van der Waals surface area (Å²) in [4.78, 5) is 12.1. The van der Waals surface area contributed by atoms with Crippen LogP contribution in [0.3, 0.4) is 0 Å². The predicted octanol–water partition coefficient (Wildman–Crippen LogP) is 3.75. The van der Waals surface area contributed by atoms with E-state index in [2.05, 4.69) is 36.6 Å². The highest BCUT2D eigenvalue weighted by molar-refractivity contribution is 6.01. The molecule has 0 saturated heterocycles. The lowest BCUT2D eigenvalue weighted by Gasteiger charge is -2.34. The molecule has 1 amide bonds. The van der Waals surface area contributed by atoms with Crippen molar-refractivity contribution in [3.05, 3.63) is 65.0 Å². The van der Waals surface area contributed by atoms with Crippen LogP contribution in [-0.2, 0) is 6.54 Å². The number of fused-ring (bicyclic) bond motifs is 1. The van der Waals surface area contributed by atoms with Gasteiger partial charge in [-0.05, 0) is 52.1 Å². The standard InChI is InChI=1S/C21H21FN2O/c1-21(2)12-23-8-7-19(21)18-9-14-11-24-20(25)17(14)10-16(18)13-3-5-15(22)6-4-13/h3-7,9-10,23H,8,11-12H2,1-2H3,(H,24,25). The number of carbonyl (C=O) groups excluding carboxylic acids is 1. The van der Waals surface area contributed by atoms with E-state index in [0.29, 0.717) is 6.54 Å². The van der Waals surface area contributed by atoms with Crippen LogP contribution in [0.15, 0.2) is 42.5 Å². The first kappa shape index (κ1) is 16.0. The lowest BCUT2D eigenvalue weighted by molar-refractivity contribution is 0.0966. The molecule has 0 fully saturated rings. The van der Waals surface area contributed by atoms with E-state index >= 15 is 0 Å². The van der Waals surface area contributed by atoms with Gasteiger partial charge in [0.25, 0.3) is 5.91 Å². The number of hydrogen-bond acceptors (Lipinski definition) is 2. The van der Waals surface area contributed by atoms with Crippen LogP contribution in [-0.4, -0.2) is 19.0 Å². The first-order chi connectivity index (χ1) is 12.0. The van der Waals surface area contributed by atoms with Crippen molar-refractivity contribution < 1.29 is 9.18 Å². The van der Waals surface area contributed by atoms with E-state index < -0.39 is 0 Å². The Morgan fingerprint density at radius 3 is 2.52 bits per heavy atom. The fourth-order valence-corrected chi connectivity index (χ4v) is 3.77. The van der Waals surface area contributed by atoms with Crippen molar-refractivity contribution >= 4 is 11.5 Å². The van der Waals surface area contributed by atoms with E-state index in [-0.39, 0.29) is 17.1 Å². The van der Waals surface area contributed by atoms with Crippen LogP contribution in [0.25, 0.3) is 16.7 Å². The monoisotopic (exact) mass is 336 g/mol. The molecule has 128 valence electrons. The molecule has 0 aliphatic carbocycles. The minimum Gasteiger partial charge on any atom is -0.348 e. The molecule has 0 unspecified atom stereocenters. The second-order valence-electron chi connectivity index (χ2n) is 7.38. The molecule has 2 aliphatic rings. The maximum atomic E-state index is 13.4. The number of carbonyl (C=O) groups is 1. The Bertz CT molecular complexity index is 882. The van der Waals surface area contributed by atoms with Gasteiger partial charge in [-0.2, -0.15) is 0 Å². The zero-order valence-electron chi connectivity index (χ0n) is 14.4. The molecule has 4 rings (SSSR count). The van der Waals surface area contributed by atoms with Gasteiger partial charge in [0.15, 0.2) is 0 Å². The zero-order valence-corrected chi connectivity index (χ0v) is 14.4. The smallest absolute Gasteiger partial charge is 0.251 e. The Morgan fingerprint density at radius 1 is 1.04 bits per heavy atom. The summed E-state index contributed by atoms with van der Waals surface area (Å²) >= 11 is 0. The van der Waals surface area contributed by atoms with Crippen LogP contribution in [0, 0.1) is 11.2 Å². The van der Waals surface area contributed by atoms with Crippen LogP contribution in [0.4, 0.5) is 4.39 Å². The van der Waals surface area contributed by atoms with Crippen LogP contribution in [0.2, 0.25) is 0 Å². The SMILES string of the molecule is CC1(C)CNCC=C1c1cc2c(cc1-c1ccc(F)cc1)C(=O)NC2. The largest absolute Gasteiger partial charge is 0.348 e. The quantitative estimate of drug-likeness (QED) is 0.877. The summed E-state index contributed by atoms with van der Waals surface area (Å²) < 4.78 is 13.4. The normalized spacial score (nSPS) is 18.5. The second-order valence-corrected chi connectivity index (χ2v) is 7.38. The van der Waals surface area contributed by atoms with Crippen molar-refractivity contribution in [2.24, 2.45) is 5.41 Å². The maximum absolute atomic E-state index is 13.4. The molecular weight excluding hydrogens is 315 g/mol. The Morgan fingerprint density at radius 2 is 1.80 bits per heavy atom. The molecule has 0 saturated carbocycles. The fourth-order valence-electron chi connectivity index (χ4n) is 3.77. The van der Waals surface area contributed by atoms with E-state index in [0.717, 1.165) is 40.9 Å². The lowest BCUT2D eigenvalue weighted by Crippen LogP contribution is -2.35. The number of halogens is 1. The van der Waals surface area contributed by atoms with Crippen LogP contribution in [0.1, 0.15) is 35.3 Å². The molecular formula is C21H21FN2O. The Balaban J connectivity index is 1.95. The molecule has 3 nitrogen and oxygen atoms in total. The van der Waals surface area contributed by atoms with E-state index in [4.69, 9.17) is 0 Å².